The molecule has 0 rings (SSSR count). The summed E-state index contributed by atoms with van der Waals surface area (Å²) in [5.41, 5.74) is 20.1. The minimum absolute atomic E-state index is 0. The summed E-state index contributed by atoms with van der Waals surface area (Å²) >= 11 is 0. The second-order valence-corrected chi connectivity index (χ2v) is 3.46. The average molecular weight is 585 g/mol. The van der Waals surface area contributed by atoms with Gasteiger partial charge in [-0.25, -0.2) is 0 Å². The lowest BCUT2D eigenvalue weighted by atomic mass is 10.8. The Kier molecular flexibility index (Phi) is 379. The Labute approximate surface area is 218 Å². The van der Waals surface area contributed by atoms with Crippen molar-refractivity contribution in [1.29, 1.82) is 0 Å². The maximum Gasteiger partial charge on any atom is 0.0974 e. The first-order valence-corrected chi connectivity index (χ1v) is 7.90. The van der Waals surface area contributed by atoms with E-state index in [1.54, 1.807) is 0 Å². The van der Waals surface area contributed by atoms with E-state index in [4.69, 9.17) is 30.6 Å². The van der Waals surface area contributed by atoms with Crippen LogP contribution in [0.1, 0.15) is 0 Å². The first kappa shape index (κ1) is 77.2. The minimum atomic E-state index is 0. The lowest BCUT2D eigenvalue weighted by molar-refractivity contribution is -0.372. The van der Waals surface area contributed by atoms with Gasteiger partial charge in [0, 0.05) is 0 Å². The topological polar surface area (TPSA) is 287 Å². The molecule has 0 saturated heterocycles. The zero-order chi connectivity index (χ0) is 20.5. The van der Waals surface area contributed by atoms with Gasteiger partial charge in [-0.2, -0.15) is 0 Å². The normalized spacial score (nSPS) is 6.00. The third-order valence-electron chi connectivity index (χ3n) is 0.949. The van der Waals surface area contributed by atoms with Crippen molar-refractivity contribution in [3.05, 3.63) is 0 Å². The van der Waals surface area contributed by atoms with Crippen molar-refractivity contribution in [2.45, 2.75) is 0 Å². The molecule has 0 aliphatic heterocycles. The van der Waals surface area contributed by atoms with Crippen LogP contribution in [0, 0.1) is 0 Å². The molecule has 0 spiro atoms. The van der Waals surface area contributed by atoms with Crippen LogP contribution in [0.3, 0.4) is 0 Å². The maximum atomic E-state index is 7.81. The second kappa shape index (κ2) is 147. The monoisotopic (exact) mass is 582 g/mol. The van der Waals surface area contributed by atoms with Crippen molar-refractivity contribution >= 4 is 0 Å². The largest absolute Gasteiger partial charge is 1.00 e. The van der Waals surface area contributed by atoms with Crippen molar-refractivity contribution in [3.8, 4) is 0 Å². The van der Waals surface area contributed by atoms with E-state index >= 15 is 0 Å². The molecule has 0 aromatic carbocycles. The fraction of sp³-hybridized carbons (Fsp3) is 1.00. The van der Waals surface area contributed by atoms with Gasteiger partial charge in [-0.05, 0) is 0 Å². The zero-order valence-electron chi connectivity index (χ0n) is 17.7. The molecule has 0 aliphatic carbocycles. The summed E-state index contributed by atoms with van der Waals surface area (Å²) in [6.07, 6.45) is 0. The molecule has 0 saturated carbocycles. The van der Waals surface area contributed by atoms with Gasteiger partial charge in [-0.15, -0.1) is 0 Å². The van der Waals surface area contributed by atoms with Crippen LogP contribution in [0.4, 0.5) is 0 Å². The molecule has 18 heteroatoms. The predicted octanol–water partition coefficient (Wildman–Crippen LogP) is -28.7. The summed E-state index contributed by atoms with van der Waals surface area (Å²) in [4.78, 5) is 0. The number of aliphatic hydroxyl groups is 6. The van der Waals surface area contributed by atoms with Gasteiger partial charge >= 0.3 is 0 Å². The average Bonchev–Trinajstić information content (AvgIpc) is 2.68. The Morgan fingerprint density at radius 2 is 0.300 bits per heavy atom. The summed E-state index contributed by atoms with van der Waals surface area (Å²) in [5.74, 6) is 0. The first-order valence-electron chi connectivity index (χ1n) is 7.90. The molecular formula is C12H48Cl6N6O6. The van der Waals surface area contributed by atoms with Crippen LogP contribution >= 0.6 is 0 Å². The molecule has 24 N–H and O–H groups in total. The van der Waals surface area contributed by atoms with E-state index in [0.717, 1.165) is 0 Å². The van der Waals surface area contributed by atoms with Gasteiger partial charge in [0.2, 0.25) is 0 Å². The molecule has 0 aromatic rings. The SMILES string of the molecule is [Cl-].[Cl-].[Cl-].[Cl-].[Cl-].[Cl-].[NH3+]CCO.[NH3+]CCO.[NH3+]CCO.[NH3+]CCO.[NH3+]CCO.[NH3+]CCO. The summed E-state index contributed by atoms with van der Waals surface area (Å²) in [7, 11) is 0. The van der Waals surface area contributed by atoms with Crippen LogP contribution in [-0.2, 0) is 0 Å². The highest BCUT2D eigenvalue weighted by molar-refractivity contribution is 4.05. The van der Waals surface area contributed by atoms with Gasteiger partial charge < -0.3 is 139 Å². The van der Waals surface area contributed by atoms with E-state index in [0.29, 0.717) is 39.3 Å². The van der Waals surface area contributed by atoms with E-state index in [-0.39, 0.29) is 114 Å². The van der Waals surface area contributed by atoms with Crippen molar-refractivity contribution in [2.75, 3.05) is 78.9 Å². The second-order valence-electron chi connectivity index (χ2n) is 3.46. The molecule has 30 heavy (non-hydrogen) atoms. The number of aliphatic hydroxyl groups excluding tert-OH is 6. The van der Waals surface area contributed by atoms with E-state index in [1.807, 2.05) is 0 Å². The van der Waals surface area contributed by atoms with Crippen LogP contribution in [0.15, 0.2) is 0 Å². The Hall–Kier alpha value is 1.26. The van der Waals surface area contributed by atoms with Crippen molar-refractivity contribution in [3.63, 3.8) is 0 Å². The van der Waals surface area contributed by atoms with Gasteiger partial charge in [0.1, 0.15) is 0 Å². The van der Waals surface area contributed by atoms with E-state index in [1.165, 1.54) is 0 Å². The van der Waals surface area contributed by atoms with E-state index in [2.05, 4.69) is 34.4 Å². The minimum Gasteiger partial charge on any atom is -1.00 e. The number of halogens is 6. The lowest BCUT2D eigenvalue weighted by Crippen LogP contribution is -3.00. The van der Waals surface area contributed by atoms with Gasteiger partial charge in [0.05, 0.1) is 78.9 Å². The molecule has 204 valence electrons. The molecule has 0 aromatic heterocycles. The Morgan fingerprint density at radius 3 is 0.300 bits per heavy atom. The van der Waals surface area contributed by atoms with Gasteiger partial charge in [0.15, 0.2) is 0 Å². The van der Waals surface area contributed by atoms with Gasteiger partial charge in [0.25, 0.3) is 0 Å². The number of quaternary nitrogens is 6. The fourth-order valence-corrected chi connectivity index (χ4v) is 0. The maximum absolute atomic E-state index is 7.81. The van der Waals surface area contributed by atoms with E-state index < -0.39 is 0 Å². The highest BCUT2D eigenvalue weighted by atomic mass is 35.5. The molecule has 12 nitrogen and oxygen atoms in total. The highest BCUT2D eigenvalue weighted by Gasteiger charge is 1.62. The molecule has 0 heterocycles. The summed E-state index contributed by atoms with van der Waals surface area (Å²) in [6.45, 7) is 5.00. The third-order valence-corrected chi connectivity index (χ3v) is 0.949. The van der Waals surface area contributed by atoms with Crippen LogP contribution in [0.5, 0.6) is 0 Å². The molecule has 0 amide bonds. The van der Waals surface area contributed by atoms with Crippen molar-refractivity contribution in [1.82, 2.24) is 0 Å². The summed E-state index contributed by atoms with van der Waals surface area (Å²) < 4.78 is 0. The predicted molar refractivity (Wildman–Crippen MR) is 89.0 cm³/mol. The number of hydrogen-bond donors (Lipinski definition) is 12. The fourth-order valence-electron chi connectivity index (χ4n) is 0. The number of hydrogen-bond acceptors (Lipinski definition) is 6. The molecule has 0 atom stereocenters. The molecule has 0 aliphatic rings. The van der Waals surface area contributed by atoms with Crippen molar-refractivity contribution in [2.24, 2.45) is 0 Å². The number of rotatable bonds is 6. The van der Waals surface area contributed by atoms with Crippen LogP contribution in [-0.4, -0.2) is 110 Å². The zero-order valence-corrected chi connectivity index (χ0v) is 22.2. The van der Waals surface area contributed by atoms with Gasteiger partial charge in [-0.1, -0.05) is 0 Å². The Bertz CT molecular complexity index is 101. The highest BCUT2D eigenvalue weighted by Crippen LogP contribution is 1.30. The smallest absolute Gasteiger partial charge is 0.0974 e. The van der Waals surface area contributed by atoms with Crippen LogP contribution in [0.2, 0.25) is 0 Å². The van der Waals surface area contributed by atoms with E-state index in [9.17, 15) is 0 Å². The van der Waals surface area contributed by atoms with Crippen molar-refractivity contribution < 1.29 is 139 Å². The molecule has 0 radical (unpaired) electrons. The third kappa shape index (κ3) is 443. The lowest BCUT2D eigenvalue weighted by Gasteiger charge is -1.67. The first-order chi connectivity index (χ1) is 11.5. The Balaban J connectivity index is -0.0000000125. The summed E-state index contributed by atoms with van der Waals surface area (Å²) in [6, 6.07) is 0. The molecular weight excluding hydrogens is 537 g/mol. The van der Waals surface area contributed by atoms with Gasteiger partial charge in [-0.3, -0.25) is 0 Å². The molecule has 0 bridgehead atoms. The standard InChI is InChI=1S/6C2H7NO.6ClH/c6*3-1-2-4;;;;;;/h6*4H,1-3H2;6*1H. The molecule has 0 fully saturated rings. The summed E-state index contributed by atoms with van der Waals surface area (Å²) in [5, 5.41) is 46.9. The molecule has 0 unspecified atom stereocenters. The van der Waals surface area contributed by atoms with Crippen LogP contribution in [0.25, 0.3) is 0 Å². The van der Waals surface area contributed by atoms with Crippen LogP contribution < -0.4 is 109 Å². The quantitative estimate of drug-likeness (QED) is 0.144. The Morgan fingerprint density at radius 1 is 0.267 bits per heavy atom.